The molecule has 5 rings (SSSR count). The Morgan fingerprint density at radius 3 is 2.50 bits per heavy atom. The number of aryl methyl sites for hydroxylation is 1. The number of carboxylic acid groups (broad SMARTS) is 1. The Kier molecular flexibility index (Phi) is 6.34. The fraction of sp³-hybridized carbons (Fsp3) is 0.577. The Morgan fingerprint density at radius 2 is 1.85 bits per heavy atom. The number of hydrogen-bond acceptors (Lipinski definition) is 4. The monoisotopic (exact) mass is 465 g/mol. The number of amides is 2. The molecule has 3 atom stereocenters. The molecule has 2 fully saturated rings. The molecule has 1 aromatic carbocycles. The van der Waals surface area contributed by atoms with Gasteiger partial charge < -0.3 is 19.9 Å². The molecule has 3 aliphatic rings. The number of nitrogens with one attached hydrogen (secondary N) is 1. The van der Waals surface area contributed by atoms with Gasteiger partial charge in [-0.05, 0) is 44.6 Å². The van der Waals surface area contributed by atoms with Crippen LogP contribution in [0.5, 0.6) is 0 Å². The number of carbonyl (C=O) groups excluding carboxylic acids is 1. The number of piperidine rings is 1. The van der Waals surface area contributed by atoms with Gasteiger partial charge in [-0.25, -0.2) is 9.78 Å². The molecule has 0 saturated carbocycles. The fourth-order valence-electron chi connectivity index (χ4n) is 6.53. The van der Waals surface area contributed by atoms with Crippen molar-refractivity contribution in [2.75, 3.05) is 13.1 Å². The maximum Gasteiger partial charge on any atom is 0.405 e. The average molecular weight is 466 g/mol. The number of aromatic nitrogens is 2. The van der Waals surface area contributed by atoms with Crippen LogP contribution in [0, 0.1) is 6.92 Å². The highest BCUT2D eigenvalue weighted by Crippen LogP contribution is 2.43. The van der Waals surface area contributed by atoms with Gasteiger partial charge in [0.05, 0.1) is 24.0 Å². The van der Waals surface area contributed by atoms with E-state index >= 15 is 0 Å². The van der Waals surface area contributed by atoms with Gasteiger partial charge in [0.1, 0.15) is 5.82 Å². The number of hydrogen-bond donors (Lipinski definition) is 2. The molecule has 4 heterocycles. The quantitative estimate of drug-likeness (QED) is 0.679. The van der Waals surface area contributed by atoms with Gasteiger partial charge in [-0.15, -0.1) is 0 Å². The second-order valence-corrected chi connectivity index (χ2v) is 10.1. The Labute approximate surface area is 201 Å². The molecule has 0 radical (unpaired) electrons. The lowest BCUT2D eigenvalue weighted by Crippen LogP contribution is -2.45. The smallest absolute Gasteiger partial charge is 0.405 e. The zero-order valence-corrected chi connectivity index (χ0v) is 20.1. The van der Waals surface area contributed by atoms with E-state index in [1.54, 1.807) is 6.92 Å². The first-order valence-corrected chi connectivity index (χ1v) is 12.5. The minimum Gasteiger partial charge on any atom is -0.465 e. The van der Waals surface area contributed by atoms with E-state index in [0.29, 0.717) is 24.7 Å². The van der Waals surface area contributed by atoms with Crippen molar-refractivity contribution in [2.45, 2.75) is 83.1 Å². The minimum absolute atomic E-state index is 0.133. The summed E-state index contributed by atoms with van der Waals surface area (Å²) >= 11 is 0. The van der Waals surface area contributed by atoms with E-state index in [2.05, 4.69) is 21.7 Å². The lowest BCUT2D eigenvalue weighted by atomic mass is 9.95. The molecule has 2 saturated heterocycles. The standard InChI is InChI=1S/C26H35N5O3/c1-17-27-24-10-12-29(18(2)32)16-25(24)31(17)22-14-20-8-9-21(15-22)30(20)13-11-23(28-26(33)34)19-6-4-3-5-7-19/h3-7,20-23,28H,8-16H2,1-2H3,(H,33,34)/t20?,21?,22?,23-/m0/s1. The maximum atomic E-state index is 12.0. The van der Waals surface area contributed by atoms with Crippen LogP contribution in [-0.2, 0) is 17.8 Å². The number of imidazole rings is 1. The second-order valence-electron chi connectivity index (χ2n) is 10.1. The van der Waals surface area contributed by atoms with E-state index in [1.807, 2.05) is 35.2 Å². The van der Waals surface area contributed by atoms with Crippen molar-refractivity contribution in [2.24, 2.45) is 0 Å². The maximum absolute atomic E-state index is 12.0. The van der Waals surface area contributed by atoms with Crippen LogP contribution < -0.4 is 5.32 Å². The summed E-state index contributed by atoms with van der Waals surface area (Å²) in [7, 11) is 0. The molecule has 8 nitrogen and oxygen atoms in total. The highest BCUT2D eigenvalue weighted by molar-refractivity contribution is 5.73. The summed E-state index contributed by atoms with van der Waals surface area (Å²) in [6.45, 7) is 6.07. The SMILES string of the molecule is CC(=O)N1CCc2nc(C)n(C3CC4CCC(C3)N4CC[C@H](NC(=O)O)c3ccccc3)c2C1. The number of carbonyl (C=O) groups is 2. The van der Waals surface area contributed by atoms with Crippen molar-refractivity contribution >= 4 is 12.0 Å². The molecule has 182 valence electrons. The Hall–Kier alpha value is -2.87. The van der Waals surface area contributed by atoms with Crippen molar-refractivity contribution in [1.29, 1.82) is 0 Å². The van der Waals surface area contributed by atoms with Crippen LogP contribution >= 0.6 is 0 Å². The molecule has 2 amide bonds. The molecule has 34 heavy (non-hydrogen) atoms. The van der Waals surface area contributed by atoms with Crippen molar-refractivity contribution in [3.63, 3.8) is 0 Å². The van der Waals surface area contributed by atoms with E-state index < -0.39 is 6.09 Å². The summed E-state index contributed by atoms with van der Waals surface area (Å²) in [5.41, 5.74) is 3.41. The largest absolute Gasteiger partial charge is 0.465 e. The molecule has 2 N–H and O–H groups in total. The summed E-state index contributed by atoms with van der Waals surface area (Å²) in [5, 5.41) is 12.1. The van der Waals surface area contributed by atoms with Crippen molar-refractivity contribution in [1.82, 2.24) is 24.7 Å². The van der Waals surface area contributed by atoms with Gasteiger partial charge in [-0.2, -0.15) is 0 Å². The van der Waals surface area contributed by atoms with E-state index in [0.717, 1.165) is 55.9 Å². The van der Waals surface area contributed by atoms with Crippen LogP contribution in [0.15, 0.2) is 30.3 Å². The minimum atomic E-state index is -0.976. The number of fused-ring (bicyclic) bond motifs is 3. The average Bonchev–Trinajstić information content (AvgIpc) is 3.27. The molecule has 1 aromatic heterocycles. The van der Waals surface area contributed by atoms with E-state index in [-0.39, 0.29) is 11.9 Å². The van der Waals surface area contributed by atoms with E-state index in [1.165, 1.54) is 18.5 Å². The van der Waals surface area contributed by atoms with Gasteiger partial charge in [0.2, 0.25) is 5.91 Å². The summed E-state index contributed by atoms with van der Waals surface area (Å²) in [6, 6.07) is 11.1. The normalized spacial score (nSPS) is 25.1. The van der Waals surface area contributed by atoms with Crippen molar-refractivity contribution < 1.29 is 14.7 Å². The third-order valence-corrected chi connectivity index (χ3v) is 8.07. The van der Waals surface area contributed by atoms with Gasteiger partial charge in [-0.3, -0.25) is 9.69 Å². The Bertz CT molecular complexity index is 1040. The molecule has 2 aromatic rings. The first-order chi connectivity index (χ1) is 16.4. The molecule has 3 aliphatic heterocycles. The van der Waals surface area contributed by atoms with Crippen molar-refractivity contribution in [3.05, 3.63) is 53.1 Å². The van der Waals surface area contributed by atoms with Gasteiger partial charge in [0.15, 0.2) is 0 Å². The topological polar surface area (TPSA) is 90.7 Å². The van der Waals surface area contributed by atoms with Crippen LogP contribution in [0.3, 0.4) is 0 Å². The summed E-state index contributed by atoms with van der Waals surface area (Å²) in [4.78, 5) is 32.8. The van der Waals surface area contributed by atoms with Gasteiger partial charge in [-0.1, -0.05) is 30.3 Å². The molecule has 0 aliphatic carbocycles. The Morgan fingerprint density at radius 1 is 1.15 bits per heavy atom. The van der Waals surface area contributed by atoms with Crippen LogP contribution in [0.25, 0.3) is 0 Å². The molecular weight excluding hydrogens is 430 g/mol. The third kappa shape index (κ3) is 4.43. The lowest BCUT2D eigenvalue weighted by Gasteiger charge is -2.41. The second kappa shape index (κ2) is 9.41. The lowest BCUT2D eigenvalue weighted by molar-refractivity contribution is -0.129. The third-order valence-electron chi connectivity index (χ3n) is 8.07. The summed E-state index contributed by atoms with van der Waals surface area (Å²) in [5.74, 6) is 1.21. The summed E-state index contributed by atoms with van der Waals surface area (Å²) in [6.07, 6.45) is 5.19. The number of rotatable bonds is 6. The van der Waals surface area contributed by atoms with Crippen LogP contribution in [0.1, 0.15) is 73.9 Å². The highest BCUT2D eigenvalue weighted by atomic mass is 16.4. The molecule has 2 unspecified atom stereocenters. The zero-order valence-electron chi connectivity index (χ0n) is 20.1. The zero-order chi connectivity index (χ0) is 23.8. The van der Waals surface area contributed by atoms with Crippen LogP contribution in [0.4, 0.5) is 4.79 Å². The van der Waals surface area contributed by atoms with Gasteiger partial charge in [0.25, 0.3) is 0 Å². The highest BCUT2D eigenvalue weighted by Gasteiger charge is 2.42. The van der Waals surface area contributed by atoms with E-state index in [9.17, 15) is 14.7 Å². The van der Waals surface area contributed by atoms with Crippen LogP contribution in [0.2, 0.25) is 0 Å². The van der Waals surface area contributed by atoms with Gasteiger partial charge >= 0.3 is 6.09 Å². The summed E-state index contributed by atoms with van der Waals surface area (Å²) < 4.78 is 2.44. The first kappa shape index (κ1) is 22.9. The molecular formula is C26H35N5O3. The Balaban J connectivity index is 1.28. The number of benzene rings is 1. The first-order valence-electron chi connectivity index (χ1n) is 12.5. The van der Waals surface area contributed by atoms with Crippen LogP contribution in [-0.4, -0.2) is 61.6 Å². The van der Waals surface area contributed by atoms with Gasteiger partial charge in [0, 0.05) is 44.6 Å². The van der Waals surface area contributed by atoms with E-state index in [4.69, 9.17) is 4.98 Å². The predicted octanol–water partition coefficient (Wildman–Crippen LogP) is 3.66. The fourth-order valence-corrected chi connectivity index (χ4v) is 6.53. The molecule has 8 heteroatoms. The molecule has 0 spiro atoms. The molecule has 2 bridgehead atoms. The predicted molar refractivity (Wildman–Crippen MR) is 129 cm³/mol. The van der Waals surface area contributed by atoms with Crippen molar-refractivity contribution in [3.8, 4) is 0 Å². The number of nitrogens with zero attached hydrogens (tertiary/aromatic N) is 4.